The molecule has 0 aliphatic carbocycles. The summed E-state index contributed by atoms with van der Waals surface area (Å²) in [5.74, 6) is -0.788. The maximum Gasteiger partial charge on any atom is 0.352 e. The Balaban J connectivity index is 2.46. The summed E-state index contributed by atoms with van der Waals surface area (Å²) >= 11 is 0. The molecule has 0 saturated carbocycles. The van der Waals surface area contributed by atoms with Gasteiger partial charge in [-0.1, -0.05) is 12.1 Å². The predicted molar refractivity (Wildman–Crippen MR) is 74.5 cm³/mol. The summed E-state index contributed by atoms with van der Waals surface area (Å²) in [5.41, 5.74) is 0.547. The van der Waals surface area contributed by atoms with Crippen molar-refractivity contribution in [1.29, 1.82) is 5.26 Å². The molecule has 0 bridgehead atoms. The average Bonchev–Trinajstić information content (AvgIpc) is 2.48. The van der Waals surface area contributed by atoms with Crippen LogP contribution in [0.5, 0.6) is 5.75 Å². The first kappa shape index (κ1) is 14.3. The molecule has 1 aromatic heterocycles. The van der Waals surface area contributed by atoms with Crippen LogP contribution in [0, 0.1) is 11.3 Å². The Kier molecular flexibility index (Phi) is 4.05. The van der Waals surface area contributed by atoms with Crippen LogP contribution in [0.4, 0.5) is 0 Å². The van der Waals surface area contributed by atoms with Crippen LogP contribution < -0.4 is 10.3 Å². The second-order valence-electron chi connectivity index (χ2n) is 4.29. The van der Waals surface area contributed by atoms with Crippen molar-refractivity contribution in [2.75, 3.05) is 7.11 Å². The monoisotopic (exact) mass is 284 g/mol. The zero-order valence-corrected chi connectivity index (χ0v) is 11.2. The molecule has 0 atom stereocenters. The van der Waals surface area contributed by atoms with Gasteiger partial charge in [0.05, 0.1) is 19.2 Å². The van der Waals surface area contributed by atoms with E-state index in [9.17, 15) is 9.59 Å². The highest BCUT2D eigenvalue weighted by molar-refractivity contribution is 5.85. The van der Waals surface area contributed by atoms with E-state index in [4.69, 9.17) is 15.1 Å². The molecule has 0 spiro atoms. The van der Waals surface area contributed by atoms with Crippen LogP contribution in [-0.2, 0) is 6.54 Å². The molecule has 0 amide bonds. The fourth-order valence-electron chi connectivity index (χ4n) is 1.98. The van der Waals surface area contributed by atoms with Gasteiger partial charge < -0.3 is 9.84 Å². The topological polar surface area (TPSA) is 92.3 Å². The van der Waals surface area contributed by atoms with Crippen LogP contribution in [0.1, 0.15) is 21.6 Å². The van der Waals surface area contributed by atoms with Crippen LogP contribution in [-0.4, -0.2) is 22.8 Å². The zero-order chi connectivity index (χ0) is 15.4. The minimum Gasteiger partial charge on any atom is -0.495 e. The van der Waals surface area contributed by atoms with E-state index in [0.29, 0.717) is 16.9 Å². The van der Waals surface area contributed by atoms with Gasteiger partial charge in [0.2, 0.25) is 0 Å². The van der Waals surface area contributed by atoms with Crippen molar-refractivity contribution in [1.82, 2.24) is 4.57 Å². The Morgan fingerprint density at radius 3 is 2.76 bits per heavy atom. The lowest BCUT2D eigenvalue weighted by molar-refractivity contribution is 0.0684. The predicted octanol–water partition coefficient (Wildman–Crippen LogP) is 1.48. The number of nitriles is 1. The maximum absolute atomic E-state index is 11.8. The average molecular weight is 284 g/mol. The van der Waals surface area contributed by atoms with Crippen LogP contribution in [0.25, 0.3) is 0 Å². The number of aromatic carboxylic acids is 1. The lowest BCUT2D eigenvalue weighted by Gasteiger charge is -2.11. The van der Waals surface area contributed by atoms with Crippen molar-refractivity contribution >= 4 is 5.97 Å². The molecule has 1 aromatic carbocycles. The molecule has 1 N–H and O–H groups in total. The number of hydrogen-bond donors (Lipinski definition) is 1. The Bertz CT molecular complexity index is 787. The number of carboxylic acids is 1. The Hall–Kier alpha value is -3.07. The zero-order valence-electron chi connectivity index (χ0n) is 11.2. The first-order valence-electron chi connectivity index (χ1n) is 6.07. The van der Waals surface area contributed by atoms with Crippen molar-refractivity contribution in [2.24, 2.45) is 0 Å². The summed E-state index contributed by atoms with van der Waals surface area (Å²) in [6.45, 7) is 0.0867. The van der Waals surface area contributed by atoms with Gasteiger partial charge in [-0.3, -0.25) is 9.36 Å². The number of aromatic nitrogens is 1. The van der Waals surface area contributed by atoms with E-state index >= 15 is 0 Å². The van der Waals surface area contributed by atoms with Crippen LogP contribution >= 0.6 is 0 Å². The third kappa shape index (κ3) is 2.92. The van der Waals surface area contributed by atoms with Gasteiger partial charge in [0.1, 0.15) is 17.5 Å². The molecule has 6 nitrogen and oxygen atoms in total. The van der Waals surface area contributed by atoms with Crippen LogP contribution in [0.2, 0.25) is 0 Å². The SMILES string of the molecule is COc1cc(Cn2c(C(=O)O)cccc2=O)ccc1C#N. The van der Waals surface area contributed by atoms with Gasteiger partial charge >= 0.3 is 5.97 Å². The van der Waals surface area contributed by atoms with Crippen LogP contribution in [0.3, 0.4) is 0 Å². The number of ether oxygens (including phenoxy) is 1. The molecule has 106 valence electrons. The summed E-state index contributed by atoms with van der Waals surface area (Å²) < 4.78 is 6.25. The molecule has 2 aromatic rings. The lowest BCUT2D eigenvalue weighted by Crippen LogP contribution is -2.25. The second kappa shape index (κ2) is 5.92. The van der Waals surface area contributed by atoms with E-state index in [1.54, 1.807) is 18.2 Å². The van der Waals surface area contributed by atoms with E-state index in [2.05, 4.69) is 0 Å². The van der Waals surface area contributed by atoms with Gasteiger partial charge in [-0.25, -0.2) is 4.79 Å². The number of methoxy groups -OCH3 is 1. The van der Waals surface area contributed by atoms with Gasteiger partial charge in [0.15, 0.2) is 0 Å². The number of rotatable bonds is 4. The van der Waals surface area contributed by atoms with Crippen LogP contribution in [0.15, 0.2) is 41.2 Å². The van der Waals surface area contributed by atoms with Crippen molar-refractivity contribution in [3.63, 3.8) is 0 Å². The third-order valence-electron chi connectivity index (χ3n) is 3.00. The quantitative estimate of drug-likeness (QED) is 0.917. The largest absolute Gasteiger partial charge is 0.495 e. The number of hydrogen-bond acceptors (Lipinski definition) is 4. The molecular weight excluding hydrogens is 272 g/mol. The third-order valence-corrected chi connectivity index (χ3v) is 3.00. The maximum atomic E-state index is 11.8. The molecule has 0 radical (unpaired) electrons. The fraction of sp³-hybridized carbons (Fsp3) is 0.133. The fourth-order valence-corrected chi connectivity index (χ4v) is 1.98. The molecule has 2 rings (SSSR count). The van der Waals surface area contributed by atoms with E-state index < -0.39 is 11.5 Å². The van der Waals surface area contributed by atoms with E-state index in [1.165, 1.54) is 25.3 Å². The van der Waals surface area contributed by atoms with Gasteiger partial charge in [0, 0.05) is 6.07 Å². The summed E-state index contributed by atoms with van der Waals surface area (Å²) in [5, 5.41) is 18.1. The smallest absolute Gasteiger partial charge is 0.352 e. The lowest BCUT2D eigenvalue weighted by atomic mass is 10.1. The Labute approximate surface area is 120 Å². The van der Waals surface area contributed by atoms with Gasteiger partial charge in [-0.05, 0) is 23.8 Å². The number of nitrogens with zero attached hydrogens (tertiary/aromatic N) is 2. The van der Waals surface area contributed by atoms with Crippen molar-refractivity contribution in [2.45, 2.75) is 6.54 Å². The Morgan fingerprint density at radius 1 is 1.38 bits per heavy atom. The highest BCUT2D eigenvalue weighted by Gasteiger charge is 2.12. The molecule has 0 aliphatic heterocycles. The van der Waals surface area contributed by atoms with E-state index in [1.807, 2.05) is 6.07 Å². The molecule has 0 aliphatic rings. The second-order valence-corrected chi connectivity index (χ2v) is 4.29. The summed E-state index contributed by atoms with van der Waals surface area (Å²) in [7, 11) is 1.44. The molecule has 21 heavy (non-hydrogen) atoms. The molecular formula is C15H12N2O4. The molecule has 0 unspecified atom stereocenters. The van der Waals surface area contributed by atoms with Crippen molar-refractivity contribution in [3.8, 4) is 11.8 Å². The first-order chi connectivity index (χ1) is 10.1. The highest BCUT2D eigenvalue weighted by Crippen LogP contribution is 2.19. The van der Waals surface area contributed by atoms with Gasteiger partial charge in [-0.15, -0.1) is 0 Å². The van der Waals surface area contributed by atoms with Crippen molar-refractivity contribution in [3.05, 3.63) is 63.6 Å². The normalized spacial score (nSPS) is 9.90. The summed E-state index contributed by atoms with van der Waals surface area (Å²) in [6, 6.07) is 10.9. The van der Waals surface area contributed by atoms with E-state index in [-0.39, 0.29) is 12.2 Å². The number of benzene rings is 1. The molecule has 0 saturated heterocycles. The standard InChI is InChI=1S/C15H12N2O4/c1-21-13-7-10(5-6-11(13)8-16)9-17-12(15(19)20)3-2-4-14(17)18/h2-7H,9H2,1H3,(H,19,20). The van der Waals surface area contributed by atoms with Gasteiger partial charge in [-0.2, -0.15) is 5.26 Å². The molecule has 0 fully saturated rings. The summed E-state index contributed by atoms with van der Waals surface area (Å²) in [6.07, 6.45) is 0. The van der Waals surface area contributed by atoms with Crippen molar-refractivity contribution < 1.29 is 14.6 Å². The first-order valence-corrected chi connectivity index (χ1v) is 6.07. The molecule has 6 heteroatoms. The minimum atomic E-state index is -1.17. The Morgan fingerprint density at radius 2 is 2.14 bits per heavy atom. The minimum absolute atomic E-state index is 0.0867. The summed E-state index contributed by atoms with van der Waals surface area (Å²) in [4.78, 5) is 23.0. The number of pyridine rings is 1. The number of carboxylic acid groups (broad SMARTS) is 1. The highest BCUT2D eigenvalue weighted by atomic mass is 16.5. The molecule has 1 heterocycles. The van der Waals surface area contributed by atoms with Gasteiger partial charge in [0.25, 0.3) is 5.56 Å². The number of carbonyl (C=O) groups is 1. The van der Waals surface area contributed by atoms with E-state index in [0.717, 1.165) is 4.57 Å².